The number of benzene rings is 2. The molecule has 1 fully saturated rings. The molecule has 3 nitrogen and oxygen atoms in total. The van der Waals surface area contributed by atoms with E-state index in [9.17, 15) is 4.79 Å². The number of nitrogens with one attached hydrogen (secondary N) is 1. The van der Waals surface area contributed by atoms with Gasteiger partial charge in [0.1, 0.15) is 0 Å². The van der Waals surface area contributed by atoms with Gasteiger partial charge in [0.05, 0.1) is 5.92 Å². The SMILES string of the molecule is Cc1ccccc1NC(=O)C1CCCN(Cc2ccc(Br)cc2)C1. The van der Waals surface area contributed by atoms with Crippen LogP contribution in [0.25, 0.3) is 0 Å². The molecule has 1 N–H and O–H groups in total. The molecule has 24 heavy (non-hydrogen) atoms. The van der Waals surface area contributed by atoms with Crippen LogP contribution < -0.4 is 5.32 Å². The topological polar surface area (TPSA) is 32.3 Å². The summed E-state index contributed by atoms with van der Waals surface area (Å²) >= 11 is 3.47. The first kappa shape index (κ1) is 17.2. The second-order valence-electron chi connectivity index (χ2n) is 6.50. The van der Waals surface area contributed by atoms with Gasteiger partial charge in [-0.2, -0.15) is 0 Å². The van der Waals surface area contributed by atoms with Gasteiger partial charge < -0.3 is 5.32 Å². The largest absolute Gasteiger partial charge is 0.326 e. The monoisotopic (exact) mass is 386 g/mol. The van der Waals surface area contributed by atoms with Gasteiger partial charge in [-0.1, -0.05) is 46.3 Å². The van der Waals surface area contributed by atoms with E-state index in [1.54, 1.807) is 0 Å². The fourth-order valence-corrected chi connectivity index (χ4v) is 3.47. The molecule has 1 unspecified atom stereocenters. The molecular formula is C20H23BrN2O. The third kappa shape index (κ3) is 4.46. The van der Waals surface area contributed by atoms with Crippen molar-refractivity contribution in [3.63, 3.8) is 0 Å². The average molecular weight is 387 g/mol. The van der Waals surface area contributed by atoms with Gasteiger partial charge in [-0.05, 0) is 55.6 Å². The van der Waals surface area contributed by atoms with E-state index in [1.807, 2.05) is 31.2 Å². The number of rotatable bonds is 4. The predicted molar refractivity (Wildman–Crippen MR) is 102 cm³/mol. The van der Waals surface area contributed by atoms with E-state index in [0.29, 0.717) is 0 Å². The highest BCUT2D eigenvalue weighted by Gasteiger charge is 2.26. The number of carbonyl (C=O) groups is 1. The van der Waals surface area contributed by atoms with Crippen LogP contribution in [-0.4, -0.2) is 23.9 Å². The zero-order valence-corrected chi connectivity index (χ0v) is 15.6. The lowest BCUT2D eigenvalue weighted by atomic mass is 9.96. The number of para-hydroxylation sites is 1. The molecule has 1 aliphatic heterocycles. The molecule has 126 valence electrons. The summed E-state index contributed by atoms with van der Waals surface area (Å²) in [6.07, 6.45) is 2.04. The molecule has 1 atom stereocenters. The summed E-state index contributed by atoms with van der Waals surface area (Å²) in [6.45, 7) is 4.82. The molecule has 1 saturated heterocycles. The zero-order chi connectivity index (χ0) is 16.9. The van der Waals surface area contributed by atoms with Gasteiger partial charge in [0, 0.05) is 23.2 Å². The number of carbonyl (C=O) groups excluding carboxylic acids is 1. The number of hydrogen-bond donors (Lipinski definition) is 1. The van der Waals surface area contributed by atoms with Crippen molar-refractivity contribution in [3.8, 4) is 0 Å². The van der Waals surface area contributed by atoms with Crippen LogP contribution in [0.5, 0.6) is 0 Å². The van der Waals surface area contributed by atoms with Crippen molar-refractivity contribution in [2.45, 2.75) is 26.3 Å². The normalized spacial score (nSPS) is 18.3. The second kappa shape index (κ2) is 7.95. The van der Waals surface area contributed by atoms with Crippen LogP contribution in [0.15, 0.2) is 53.0 Å². The van der Waals surface area contributed by atoms with Gasteiger partial charge in [-0.25, -0.2) is 0 Å². The zero-order valence-electron chi connectivity index (χ0n) is 14.0. The van der Waals surface area contributed by atoms with Crippen LogP contribution in [0.2, 0.25) is 0 Å². The van der Waals surface area contributed by atoms with E-state index in [2.05, 4.69) is 50.4 Å². The van der Waals surface area contributed by atoms with Crippen LogP contribution >= 0.6 is 15.9 Å². The van der Waals surface area contributed by atoms with Crippen LogP contribution in [-0.2, 0) is 11.3 Å². The molecule has 0 aliphatic carbocycles. The molecule has 1 heterocycles. The van der Waals surface area contributed by atoms with Crippen LogP contribution in [0, 0.1) is 12.8 Å². The first-order valence-corrected chi connectivity index (χ1v) is 9.24. The van der Waals surface area contributed by atoms with Crippen molar-refractivity contribution in [3.05, 3.63) is 64.1 Å². The number of hydrogen-bond acceptors (Lipinski definition) is 2. The number of nitrogens with zero attached hydrogens (tertiary/aromatic N) is 1. The standard InChI is InChI=1S/C20H23BrN2O/c1-15-5-2-3-7-19(15)22-20(24)17-6-4-12-23(14-17)13-16-8-10-18(21)11-9-16/h2-3,5,7-11,17H,4,6,12-14H2,1H3,(H,22,24). The maximum Gasteiger partial charge on any atom is 0.228 e. The van der Waals surface area contributed by atoms with Crippen molar-refractivity contribution < 1.29 is 4.79 Å². The van der Waals surface area contributed by atoms with Gasteiger partial charge in [0.2, 0.25) is 5.91 Å². The van der Waals surface area contributed by atoms with E-state index in [4.69, 9.17) is 0 Å². The smallest absolute Gasteiger partial charge is 0.228 e. The highest BCUT2D eigenvalue weighted by Crippen LogP contribution is 2.22. The van der Waals surface area contributed by atoms with Gasteiger partial charge in [0.25, 0.3) is 0 Å². The van der Waals surface area contributed by atoms with E-state index in [1.165, 1.54) is 5.56 Å². The minimum atomic E-state index is 0.0637. The number of aryl methyl sites for hydroxylation is 1. The van der Waals surface area contributed by atoms with E-state index >= 15 is 0 Å². The molecule has 1 aliphatic rings. The average Bonchev–Trinajstić information content (AvgIpc) is 2.59. The molecule has 3 rings (SSSR count). The first-order chi connectivity index (χ1) is 11.6. The van der Waals surface area contributed by atoms with Gasteiger partial charge in [0.15, 0.2) is 0 Å². The maximum atomic E-state index is 12.6. The summed E-state index contributed by atoms with van der Waals surface area (Å²) < 4.78 is 1.10. The van der Waals surface area contributed by atoms with Gasteiger partial charge in [-0.3, -0.25) is 9.69 Å². The Morgan fingerprint density at radius 3 is 2.71 bits per heavy atom. The lowest BCUT2D eigenvalue weighted by molar-refractivity contribution is -0.121. The summed E-state index contributed by atoms with van der Waals surface area (Å²) in [4.78, 5) is 15.0. The Kier molecular flexibility index (Phi) is 5.69. The minimum Gasteiger partial charge on any atom is -0.326 e. The molecular weight excluding hydrogens is 364 g/mol. The summed E-state index contributed by atoms with van der Waals surface area (Å²) in [6, 6.07) is 16.4. The molecule has 1 amide bonds. The lowest BCUT2D eigenvalue weighted by Gasteiger charge is -2.32. The van der Waals surface area contributed by atoms with Gasteiger partial charge in [-0.15, -0.1) is 0 Å². The fraction of sp³-hybridized carbons (Fsp3) is 0.350. The highest BCUT2D eigenvalue weighted by atomic mass is 79.9. The van der Waals surface area contributed by atoms with Crippen molar-refractivity contribution in [1.29, 1.82) is 0 Å². The quantitative estimate of drug-likeness (QED) is 0.831. The molecule has 4 heteroatoms. The number of anilines is 1. The molecule has 0 spiro atoms. The lowest BCUT2D eigenvalue weighted by Crippen LogP contribution is -2.40. The Hall–Kier alpha value is -1.65. The van der Waals surface area contributed by atoms with E-state index in [-0.39, 0.29) is 11.8 Å². The number of halogens is 1. The molecule has 0 saturated carbocycles. The Morgan fingerprint density at radius 1 is 1.21 bits per heavy atom. The number of likely N-dealkylation sites (tertiary alicyclic amines) is 1. The summed E-state index contributed by atoms with van der Waals surface area (Å²) in [5.74, 6) is 0.207. The molecule has 2 aromatic rings. The van der Waals surface area contributed by atoms with E-state index in [0.717, 1.165) is 48.2 Å². The molecule has 2 aromatic carbocycles. The number of amides is 1. The Balaban J connectivity index is 1.59. The number of piperidine rings is 1. The minimum absolute atomic E-state index is 0.0637. The van der Waals surface area contributed by atoms with Crippen LogP contribution in [0.4, 0.5) is 5.69 Å². The van der Waals surface area contributed by atoms with Gasteiger partial charge >= 0.3 is 0 Å². The van der Waals surface area contributed by atoms with Crippen molar-refractivity contribution >= 4 is 27.5 Å². The predicted octanol–water partition coefficient (Wildman–Crippen LogP) is 4.61. The van der Waals surface area contributed by atoms with E-state index < -0.39 is 0 Å². The summed E-state index contributed by atoms with van der Waals surface area (Å²) in [5.41, 5.74) is 3.32. The third-order valence-corrected chi connectivity index (χ3v) is 5.13. The molecule has 0 bridgehead atoms. The first-order valence-electron chi connectivity index (χ1n) is 8.45. The third-order valence-electron chi connectivity index (χ3n) is 4.60. The van der Waals surface area contributed by atoms with Crippen molar-refractivity contribution in [2.24, 2.45) is 5.92 Å². The molecule has 0 radical (unpaired) electrons. The maximum absolute atomic E-state index is 12.6. The fourth-order valence-electron chi connectivity index (χ4n) is 3.21. The summed E-state index contributed by atoms with van der Waals surface area (Å²) in [7, 11) is 0. The molecule has 0 aromatic heterocycles. The Morgan fingerprint density at radius 2 is 1.96 bits per heavy atom. The van der Waals surface area contributed by atoms with Crippen LogP contribution in [0.1, 0.15) is 24.0 Å². The van der Waals surface area contributed by atoms with Crippen molar-refractivity contribution in [2.75, 3.05) is 18.4 Å². The Bertz CT molecular complexity index is 699. The van der Waals surface area contributed by atoms with Crippen molar-refractivity contribution in [1.82, 2.24) is 4.90 Å². The van der Waals surface area contributed by atoms with Crippen LogP contribution in [0.3, 0.4) is 0 Å². The summed E-state index contributed by atoms with van der Waals surface area (Å²) in [5, 5.41) is 3.10. The Labute approximate surface area is 152 Å². The highest BCUT2D eigenvalue weighted by molar-refractivity contribution is 9.10. The second-order valence-corrected chi connectivity index (χ2v) is 7.42.